The molecule has 6 heteroatoms. The van der Waals surface area contributed by atoms with Gasteiger partial charge < -0.3 is 30.5 Å². The summed E-state index contributed by atoms with van der Waals surface area (Å²) >= 11 is 0. The quantitative estimate of drug-likeness (QED) is 0.519. The number of ether oxygens (including phenoxy) is 1. The summed E-state index contributed by atoms with van der Waals surface area (Å²) in [7, 11) is 0. The molecule has 0 radical (unpaired) electrons. The largest absolute Gasteiger partial charge is 0.388 e. The molecule has 1 aliphatic heterocycles. The number of aliphatic hydroxyl groups is 4. The van der Waals surface area contributed by atoms with Gasteiger partial charge >= 0.3 is 0 Å². The van der Waals surface area contributed by atoms with Crippen LogP contribution in [0.1, 0.15) is 13.3 Å². The van der Waals surface area contributed by atoms with Crippen LogP contribution in [0.25, 0.3) is 0 Å². The molecule has 1 unspecified atom stereocenters. The number of para-hydroxylation sites is 1. The Morgan fingerprint density at radius 3 is 2.60 bits per heavy atom. The third kappa shape index (κ3) is 3.28. The van der Waals surface area contributed by atoms with Gasteiger partial charge in [-0.3, -0.25) is 0 Å². The highest BCUT2D eigenvalue weighted by Gasteiger charge is 2.48. The first-order valence-corrected chi connectivity index (χ1v) is 6.64. The fourth-order valence-corrected chi connectivity index (χ4v) is 2.38. The molecule has 0 amide bonds. The summed E-state index contributed by atoms with van der Waals surface area (Å²) in [5.74, 6) is -1.88. The van der Waals surface area contributed by atoms with Gasteiger partial charge in [0.25, 0.3) is 0 Å². The van der Waals surface area contributed by atoms with E-state index in [9.17, 15) is 20.4 Å². The van der Waals surface area contributed by atoms with E-state index in [4.69, 9.17) is 4.74 Å². The van der Waals surface area contributed by atoms with E-state index in [1.165, 1.54) is 0 Å². The first-order chi connectivity index (χ1) is 9.42. The van der Waals surface area contributed by atoms with Gasteiger partial charge in [0.1, 0.15) is 18.3 Å². The van der Waals surface area contributed by atoms with Gasteiger partial charge in [-0.2, -0.15) is 0 Å². The van der Waals surface area contributed by atoms with E-state index in [0.29, 0.717) is 0 Å². The molecule has 0 aromatic heterocycles. The molecule has 0 bridgehead atoms. The lowest BCUT2D eigenvalue weighted by atomic mass is 9.92. The van der Waals surface area contributed by atoms with Gasteiger partial charge in [-0.05, 0) is 19.1 Å². The van der Waals surface area contributed by atoms with Crippen LogP contribution in [-0.4, -0.2) is 57.2 Å². The Balaban J connectivity index is 1.97. The number of anilines is 1. The third-order valence-corrected chi connectivity index (χ3v) is 3.47. The summed E-state index contributed by atoms with van der Waals surface area (Å²) < 4.78 is 5.12. The molecule has 0 aliphatic carbocycles. The van der Waals surface area contributed by atoms with E-state index >= 15 is 0 Å². The normalized spacial score (nSPS) is 35.5. The van der Waals surface area contributed by atoms with Crippen molar-refractivity contribution < 1.29 is 25.2 Å². The topological polar surface area (TPSA) is 102 Å². The minimum absolute atomic E-state index is 0.0762. The molecule has 0 saturated carbocycles. The van der Waals surface area contributed by atoms with Crippen molar-refractivity contribution in [2.45, 2.75) is 43.5 Å². The SMILES string of the molecule is CC(C[C@@]1(O)OC[C@@H](O)[C@H](O)[C@H]1O)Nc1ccccc1. The van der Waals surface area contributed by atoms with E-state index in [0.717, 1.165) is 5.69 Å². The average Bonchev–Trinajstić information content (AvgIpc) is 2.42. The van der Waals surface area contributed by atoms with Crippen molar-refractivity contribution in [2.75, 3.05) is 11.9 Å². The molecule has 1 heterocycles. The molecular weight excluding hydrogens is 262 g/mol. The first-order valence-electron chi connectivity index (χ1n) is 6.64. The van der Waals surface area contributed by atoms with Crippen LogP contribution in [0, 0.1) is 0 Å². The summed E-state index contributed by atoms with van der Waals surface area (Å²) in [6, 6.07) is 9.24. The van der Waals surface area contributed by atoms with E-state index in [-0.39, 0.29) is 19.1 Å². The number of benzene rings is 1. The summed E-state index contributed by atoms with van der Waals surface area (Å²) in [6.45, 7) is 1.62. The molecule has 5 N–H and O–H groups in total. The molecule has 1 aromatic carbocycles. The smallest absolute Gasteiger partial charge is 0.196 e. The van der Waals surface area contributed by atoms with Crippen LogP contribution >= 0.6 is 0 Å². The van der Waals surface area contributed by atoms with E-state index in [1.807, 2.05) is 37.3 Å². The second-order valence-corrected chi connectivity index (χ2v) is 5.27. The van der Waals surface area contributed by atoms with Gasteiger partial charge in [0.05, 0.1) is 6.61 Å². The van der Waals surface area contributed by atoms with E-state index in [2.05, 4.69) is 5.32 Å². The maximum Gasteiger partial charge on any atom is 0.196 e. The molecule has 6 nitrogen and oxygen atoms in total. The maximum atomic E-state index is 10.3. The van der Waals surface area contributed by atoms with Gasteiger partial charge in [0.15, 0.2) is 5.79 Å². The molecule has 5 atom stereocenters. The predicted molar refractivity (Wildman–Crippen MR) is 73.1 cm³/mol. The lowest BCUT2D eigenvalue weighted by Crippen LogP contribution is -2.62. The van der Waals surface area contributed by atoms with Crippen LogP contribution in [0.2, 0.25) is 0 Å². The second-order valence-electron chi connectivity index (χ2n) is 5.27. The Kier molecular flexibility index (Phi) is 4.62. The van der Waals surface area contributed by atoms with E-state index < -0.39 is 24.1 Å². The zero-order valence-corrected chi connectivity index (χ0v) is 11.3. The molecule has 20 heavy (non-hydrogen) atoms. The Hall–Kier alpha value is -1.18. The number of nitrogens with one attached hydrogen (secondary N) is 1. The van der Waals surface area contributed by atoms with Crippen molar-refractivity contribution in [1.82, 2.24) is 0 Å². The van der Waals surface area contributed by atoms with Crippen LogP contribution in [0.15, 0.2) is 30.3 Å². The molecular formula is C14H21NO5. The number of aliphatic hydroxyl groups excluding tert-OH is 3. The van der Waals surface area contributed by atoms with Crippen molar-refractivity contribution in [3.8, 4) is 0 Å². The molecule has 112 valence electrons. The minimum Gasteiger partial charge on any atom is -0.388 e. The monoisotopic (exact) mass is 283 g/mol. The van der Waals surface area contributed by atoms with Crippen LogP contribution in [0.3, 0.4) is 0 Å². The fourth-order valence-electron chi connectivity index (χ4n) is 2.38. The van der Waals surface area contributed by atoms with Crippen molar-refractivity contribution in [3.05, 3.63) is 30.3 Å². The molecule has 1 fully saturated rings. The highest BCUT2D eigenvalue weighted by molar-refractivity contribution is 5.43. The van der Waals surface area contributed by atoms with Gasteiger partial charge in [0.2, 0.25) is 0 Å². The van der Waals surface area contributed by atoms with Crippen LogP contribution in [0.5, 0.6) is 0 Å². The lowest BCUT2D eigenvalue weighted by molar-refractivity contribution is -0.324. The summed E-state index contributed by atoms with van der Waals surface area (Å²) in [6.07, 6.45) is -4.08. The molecule has 1 saturated heterocycles. The Labute approximate surface area is 117 Å². The highest BCUT2D eigenvalue weighted by atomic mass is 16.6. The first kappa shape index (κ1) is 15.2. The van der Waals surface area contributed by atoms with Gasteiger partial charge in [-0.1, -0.05) is 18.2 Å². The zero-order valence-electron chi connectivity index (χ0n) is 11.3. The molecule has 1 aromatic rings. The maximum absolute atomic E-state index is 10.3. The highest BCUT2D eigenvalue weighted by Crippen LogP contribution is 2.28. The van der Waals surface area contributed by atoms with Gasteiger partial charge in [0, 0.05) is 18.2 Å². The molecule has 2 rings (SSSR count). The van der Waals surface area contributed by atoms with Crippen LogP contribution in [-0.2, 0) is 4.74 Å². The van der Waals surface area contributed by atoms with E-state index in [1.54, 1.807) is 0 Å². The summed E-state index contributed by atoms with van der Waals surface area (Å²) in [5, 5.41) is 42.3. The molecule has 0 spiro atoms. The number of rotatable bonds is 4. The lowest BCUT2D eigenvalue weighted by Gasteiger charge is -2.42. The van der Waals surface area contributed by atoms with Crippen molar-refractivity contribution >= 4 is 5.69 Å². The molecule has 1 aliphatic rings. The van der Waals surface area contributed by atoms with Crippen LogP contribution in [0.4, 0.5) is 5.69 Å². The third-order valence-electron chi connectivity index (χ3n) is 3.47. The zero-order chi connectivity index (χ0) is 14.8. The standard InChI is InChI=1S/C14H21NO5/c1-9(15-10-5-3-2-4-6-10)7-14(19)13(18)12(17)11(16)8-20-14/h2-6,9,11-13,15-19H,7-8H2,1H3/t9?,11-,12+,13-,14-/m1/s1. The number of hydrogen-bond acceptors (Lipinski definition) is 6. The van der Waals surface area contributed by atoms with Crippen LogP contribution < -0.4 is 5.32 Å². The van der Waals surface area contributed by atoms with Crippen molar-refractivity contribution in [3.63, 3.8) is 0 Å². The fraction of sp³-hybridized carbons (Fsp3) is 0.571. The predicted octanol–water partition coefficient (Wildman–Crippen LogP) is -0.321. The Morgan fingerprint density at radius 2 is 1.95 bits per heavy atom. The van der Waals surface area contributed by atoms with Gasteiger partial charge in [-0.25, -0.2) is 0 Å². The second kappa shape index (κ2) is 6.07. The van der Waals surface area contributed by atoms with Crippen molar-refractivity contribution in [1.29, 1.82) is 0 Å². The minimum atomic E-state index is -1.88. The van der Waals surface area contributed by atoms with Crippen molar-refractivity contribution in [2.24, 2.45) is 0 Å². The Bertz CT molecular complexity index is 429. The van der Waals surface area contributed by atoms with Gasteiger partial charge in [-0.15, -0.1) is 0 Å². The Morgan fingerprint density at radius 1 is 1.30 bits per heavy atom. The average molecular weight is 283 g/mol. The number of hydrogen-bond donors (Lipinski definition) is 5. The summed E-state index contributed by atoms with van der Waals surface area (Å²) in [4.78, 5) is 0. The summed E-state index contributed by atoms with van der Waals surface area (Å²) in [5.41, 5.74) is 0.884.